The maximum absolute atomic E-state index is 8.56. The van der Waals surface area contributed by atoms with E-state index in [0.29, 0.717) is 0 Å². The molecule has 0 atom stereocenters. The van der Waals surface area contributed by atoms with Crippen LogP contribution in [0.3, 0.4) is 0 Å². The molecule has 1 aromatic heterocycles. The average Bonchev–Trinajstić information content (AvgIpc) is 1.99. The molecule has 2 heteroatoms. The molecule has 0 fully saturated rings. The molecule has 0 saturated heterocycles. The quantitative estimate of drug-likeness (QED) is 0.720. The van der Waals surface area contributed by atoms with E-state index in [1.54, 1.807) is 6.08 Å². The molecular weight excluding hydrogens is 150 g/mol. The minimum absolute atomic E-state index is 0.0837. The van der Waals surface area contributed by atoms with Gasteiger partial charge in [-0.15, -0.1) is 0 Å². The van der Waals surface area contributed by atoms with Gasteiger partial charge in [-0.1, -0.05) is 12.2 Å². The van der Waals surface area contributed by atoms with Crippen LogP contribution in [0.4, 0.5) is 0 Å². The van der Waals surface area contributed by atoms with Crippen LogP contribution in [0.15, 0.2) is 18.2 Å². The lowest BCUT2D eigenvalue weighted by Crippen LogP contribution is -1.86. The van der Waals surface area contributed by atoms with Crippen LogP contribution in [0.1, 0.15) is 17.0 Å². The summed E-state index contributed by atoms with van der Waals surface area (Å²) in [5.74, 6) is 0. The fraction of sp³-hybridized carbons (Fsp3) is 0.300. The first-order valence-corrected chi connectivity index (χ1v) is 3.95. The lowest BCUT2D eigenvalue weighted by molar-refractivity contribution is 0.343. The van der Waals surface area contributed by atoms with Crippen molar-refractivity contribution in [1.82, 2.24) is 4.98 Å². The van der Waals surface area contributed by atoms with E-state index in [1.807, 2.05) is 32.1 Å². The maximum Gasteiger partial charge on any atom is 0.0615 e. The molecular formula is C10H13NO. The zero-order chi connectivity index (χ0) is 8.97. The Balaban J connectivity index is 2.93. The van der Waals surface area contributed by atoms with Gasteiger partial charge in [0.15, 0.2) is 0 Å². The molecule has 1 N–H and O–H groups in total. The third kappa shape index (κ3) is 2.47. The van der Waals surface area contributed by atoms with Gasteiger partial charge in [-0.05, 0) is 31.5 Å². The van der Waals surface area contributed by atoms with Crippen LogP contribution in [0.5, 0.6) is 0 Å². The van der Waals surface area contributed by atoms with Crippen LogP contribution in [0.2, 0.25) is 0 Å². The lowest BCUT2D eigenvalue weighted by atomic mass is 10.2. The molecule has 0 radical (unpaired) electrons. The van der Waals surface area contributed by atoms with Crippen LogP contribution in [-0.4, -0.2) is 16.7 Å². The van der Waals surface area contributed by atoms with E-state index in [4.69, 9.17) is 5.11 Å². The summed E-state index contributed by atoms with van der Waals surface area (Å²) in [5, 5.41) is 8.56. The highest BCUT2D eigenvalue weighted by atomic mass is 16.2. The van der Waals surface area contributed by atoms with Crippen molar-refractivity contribution in [2.24, 2.45) is 0 Å². The molecule has 2 nitrogen and oxygen atoms in total. The van der Waals surface area contributed by atoms with E-state index in [9.17, 15) is 0 Å². The minimum Gasteiger partial charge on any atom is -0.392 e. The zero-order valence-corrected chi connectivity index (χ0v) is 7.41. The molecule has 12 heavy (non-hydrogen) atoms. The highest BCUT2D eigenvalue weighted by molar-refractivity contribution is 5.49. The van der Waals surface area contributed by atoms with E-state index in [1.165, 1.54) is 0 Å². The van der Waals surface area contributed by atoms with Gasteiger partial charge >= 0.3 is 0 Å². The third-order valence-electron chi connectivity index (χ3n) is 1.52. The van der Waals surface area contributed by atoms with Crippen molar-refractivity contribution in [3.05, 3.63) is 35.2 Å². The summed E-state index contributed by atoms with van der Waals surface area (Å²) < 4.78 is 0. The van der Waals surface area contributed by atoms with Gasteiger partial charge < -0.3 is 5.11 Å². The fourth-order valence-electron chi connectivity index (χ4n) is 1.15. The number of aliphatic hydroxyl groups is 1. The molecule has 0 spiro atoms. The second-order valence-electron chi connectivity index (χ2n) is 2.77. The summed E-state index contributed by atoms with van der Waals surface area (Å²) in [6, 6.07) is 3.97. The molecule has 0 bridgehead atoms. The Morgan fingerprint density at radius 1 is 1.33 bits per heavy atom. The molecule has 0 amide bonds. The Labute approximate surface area is 72.6 Å². The van der Waals surface area contributed by atoms with Crippen molar-refractivity contribution in [2.75, 3.05) is 6.61 Å². The molecule has 0 aliphatic carbocycles. The van der Waals surface area contributed by atoms with Gasteiger partial charge in [0.2, 0.25) is 0 Å². The first-order valence-electron chi connectivity index (χ1n) is 3.95. The molecule has 0 aliphatic rings. The Hall–Kier alpha value is -1.15. The van der Waals surface area contributed by atoms with Gasteiger partial charge in [-0.3, -0.25) is 4.98 Å². The zero-order valence-electron chi connectivity index (χ0n) is 7.41. The Morgan fingerprint density at radius 2 is 1.92 bits per heavy atom. The van der Waals surface area contributed by atoms with E-state index in [-0.39, 0.29) is 6.61 Å². The number of aryl methyl sites for hydroxylation is 2. The van der Waals surface area contributed by atoms with E-state index in [0.717, 1.165) is 17.0 Å². The van der Waals surface area contributed by atoms with Gasteiger partial charge in [0.25, 0.3) is 0 Å². The monoisotopic (exact) mass is 163 g/mol. The normalized spacial score (nSPS) is 10.9. The summed E-state index contributed by atoms with van der Waals surface area (Å²) in [5.41, 5.74) is 3.11. The summed E-state index contributed by atoms with van der Waals surface area (Å²) in [7, 11) is 0. The predicted octanol–water partition coefficient (Wildman–Crippen LogP) is 1.70. The molecule has 64 valence electrons. The molecule has 0 saturated carbocycles. The van der Waals surface area contributed by atoms with Crippen LogP contribution in [-0.2, 0) is 0 Å². The SMILES string of the molecule is Cc1cc(C=CCO)cc(C)n1. The van der Waals surface area contributed by atoms with Crippen LogP contribution in [0, 0.1) is 13.8 Å². The smallest absolute Gasteiger partial charge is 0.0615 e. The predicted molar refractivity (Wildman–Crippen MR) is 49.8 cm³/mol. The van der Waals surface area contributed by atoms with Crippen molar-refractivity contribution in [3.63, 3.8) is 0 Å². The van der Waals surface area contributed by atoms with Crippen molar-refractivity contribution in [2.45, 2.75) is 13.8 Å². The standard InChI is InChI=1S/C10H13NO/c1-8-6-10(4-3-5-12)7-9(2)11-8/h3-4,6-7,12H,5H2,1-2H3. The van der Waals surface area contributed by atoms with E-state index >= 15 is 0 Å². The second-order valence-corrected chi connectivity index (χ2v) is 2.77. The summed E-state index contributed by atoms with van der Waals surface area (Å²) in [6.07, 6.45) is 3.61. The number of hydrogen-bond donors (Lipinski definition) is 1. The Morgan fingerprint density at radius 3 is 2.42 bits per heavy atom. The molecule has 0 aromatic carbocycles. The van der Waals surface area contributed by atoms with Crippen molar-refractivity contribution >= 4 is 6.08 Å². The highest BCUT2D eigenvalue weighted by Gasteiger charge is 1.91. The molecule has 0 aliphatic heterocycles. The Bertz CT molecular complexity index is 272. The van der Waals surface area contributed by atoms with E-state index < -0.39 is 0 Å². The van der Waals surface area contributed by atoms with Crippen molar-refractivity contribution < 1.29 is 5.11 Å². The molecule has 1 heterocycles. The Kier molecular flexibility index (Phi) is 3.00. The van der Waals surface area contributed by atoms with Crippen LogP contribution >= 0.6 is 0 Å². The first kappa shape index (κ1) is 8.94. The summed E-state index contributed by atoms with van der Waals surface area (Å²) in [4.78, 5) is 4.25. The van der Waals surface area contributed by atoms with E-state index in [2.05, 4.69) is 4.98 Å². The number of rotatable bonds is 2. The topological polar surface area (TPSA) is 33.1 Å². The highest BCUT2D eigenvalue weighted by Crippen LogP contribution is 2.06. The number of nitrogens with zero attached hydrogens (tertiary/aromatic N) is 1. The number of aromatic nitrogens is 1. The summed E-state index contributed by atoms with van der Waals surface area (Å²) >= 11 is 0. The van der Waals surface area contributed by atoms with Gasteiger partial charge in [0, 0.05) is 11.4 Å². The number of pyridine rings is 1. The molecule has 0 unspecified atom stereocenters. The second kappa shape index (κ2) is 4.02. The van der Waals surface area contributed by atoms with Crippen LogP contribution < -0.4 is 0 Å². The average molecular weight is 163 g/mol. The van der Waals surface area contributed by atoms with Gasteiger partial charge in [0.05, 0.1) is 6.61 Å². The van der Waals surface area contributed by atoms with Gasteiger partial charge in [-0.25, -0.2) is 0 Å². The number of aliphatic hydroxyl groups excluding tert-OH is 1. The van der Waals surface area contributed by atoms with Crippen molar-refractivity contribution in [1.29, 1.82) is 0 Å². The van der Waals surface area contributed by atoms with Crippen LogP contribution in [0.25, 0.3) is 6.08 Å². The lowest BCUT2D eigenvalue weighted by Gasteiger charge is -1.98. The number of hydrogen-bond acceptors (Lipinski definition) is 2. The minimum atomic E-state index is 0.0837. The first-order chi connectivity index (χ1) is 5.72. The van der Waals surface area contributed by atoms with Crippen molar-refractivity contribution in [3.8, 4) is 0 Å². The largest absolute Gasteiger partial charge is 0.392 e. The molecule has 1 aromatic rings. The third-order valence-corrected chi connectivity index (χ3v) is 1.52. The summed E-state index contributed by atoms with van der Waals surface area (Å²) in [6.45, 7) is 4.01. The van der Waals surface area contributed by atoms with Gasteiger partial charge in [0.1, 0.15) is 0 Å². The fourth-order valence-corrected chi connectivity index (χ4v) is 1.15. The van der Waals surface area contributed by atoms with Gasteiger partial charge in [-0.2, -0.15) is 0 Å². The molecule has 1 rings (SSSR count). The maximum atomic E-state index is 8.56.